The minimum atomic E-state index is -0.302. The molecule has 0 bridgehead atoms. The van der Waals surface area contributed by atoms with Gasteiger partial charge in [-0.2, -0.15) is 0 Å². The predicted molar refractivity (Wildman–Crippen MR) is 84.0 cm³/mol. The van der Waals surface area contributed by atoms with Crippen LogP contribution >= 0.6 is 0 Å². The zero-order chi connectivity index (χ0) is 15.0. The number of rotatable bonds is 2. The van der Waals surface area contributed by atoms with Crippen LogP contribution in [-0.4, -0.2) is 17.0 Å². The Morgan fingerprint density at radius 2 is 1.86 bits per heavy atom. The van der Waals surface area contributed by atoms with Gasteiger partial charge in [-0.05, 0) is 43.2 Å². The molecule has 1 aromatic heterocycles. The summed E-state index contributed by atoms with van der Waals surface area (Å²) in [6.07, 6.45) is 0. The molecule has 0 aliphatic carbocycles. The topological polar surface area (TPSA) is 37.8 Å². The van der Waals surface area contributed by atoms with E-state index in [1.54, 1.807) is 6.07 Å². The highest BCUT2D eigenvalue weighted by Crippen LogP contribution is 2.28. The molecule has 3 aromatic rings. The average Bonchev–Trinajstić information content (AvgIpc) is 2.46. The highest BCUT2D eigenvalue weighted by atomic mass is 19.1. The SMILES string of the molecule is CNc1nc(-c2ccc(C)cc2F)nc2cccc(C)c12. The van der Waals surface area contributed by atoms with Gasteiger partial charge in [0.2, 0.25) is 0 Å². The second-order valence-corrected chi connectivity index (χ2v) is 5.10. The fraction of sp³-hybridized carbons (Fsp3) is 0.176. The van der Waals surface area contributed by atoms with Crippen molar-refractivity contribution in [3.63, 3.8) is 0 Å². The Labute approximate surface area is 122 Å². The lowest BCUT2D eigenvalue weighted by atomic mass is 10.1. The Kier molecular flexibility index (Phi) is 3.29. The molecule has 0 unspecified atom stereocenters. The first-order chi connectivity index (χ1) is 10.1. The molecule has 4 heteroatoms. The van der Waals surface area contributed by atoms with Gasteiger partial charge in [0.05, 0.1) is 11.1 Å². The zero-order valence-corrected chi connectivity index (χ0v) is 12.2. The number of nitrogens with one attached hydrogen (secondary N) is 1. The normalized spacial score (nSPS) is 10.9. The van der Waals surface area contributed by atoms with Crippen LogP contribution < -0.4 is 5.32 Å². The maximum Gasteiger partial charge on any atom is 0.165 e. The Hall–Kier alpha value is -2.49. The number of benzene rings is 2. The molecule has 2 aromatic carbocycles. The molecule has 0 saturated heterocycles. The second-order valence-electron chi connectivity index (χ2n) is 5.10. The monoisotopic (exact) mass is 281 g/mol. The Bertz CT molecular complexity index is 828. The minimum Gasteiger partial charge on any atom is -0.373 e. The van der Waals surface area contributed by atoms with Gasteiger partial charge in [-0.25, -0.2) is 14.4 Å². The van der Waals surface area contributed by atoms with Gasteiger partial charge in [0.15, 0.2) is 5.82 Å². The summed E-state index contributed by atoms with van der Waals surface area (Å²) in [6.45, 7) is 3.87. The molecule has 106 valence electrons. The van der Waals surface area contributed by atoms with Crippen molar-refractivity contribution in [3.8, 4) is 11.4 Å². The van der Waals surface area contributed by atoms with E-state index in [0.29, 0.717) is 17.2 Å². The molecule has 0 radical (unpaired) electrons. The number of halogens is 1. The number of aryl methyl sites for hydroxylation is 2. The van der Waals surface area contributed by atoms with Gasteiger partial charge in [-0.1, -0.05) is 18.2 Å². The number of hydrogen-bond acceptors (Lipinski definition) is 3. The molecule has 0 aliphatic rings. The van der Waals surface area contributed by atoms with E-state index in [1.165, 1.54) is 6.07 Å². The van der Waals surface area contributed by atoms with Crippen LogP contribution in [-0.2, 0) is 0 Å². The fourth-order valence-electron chi connectivity index (χ4n) is 2.46. The Morgan fingerprint density at radius 1 is 1.05 bits per heavy atom. The van der Waals surface area contributed by atoms with Crippen molar-refractivity contribution in [1.82, 2.24) is 9.97 Å². The summed E-state index contributed by atoms with van der Waals surface area (Å²) in [5.74, 6) is 0.812. The van der Waals surface area contributed by atoms with Crippen molar-refractivity contribution in [2.24, 2.45) is 0 Å². The van der Waals surface area contributed by atoms with E-state index in [1.807, 2.05) is 45.2 Å². The van der Waals surface area contributed by atoms with Crippen LogP contribution in [0.4, 0.5) is 10.2 Å². The standard InChI is InChI=1S/C17H16FN3/c1-10-7-8-12(13(18)9-10)16-20-14-6-4-5-11(2)15(14)17(19-3)21-16/h4-9H,1-3H3,(H,19,20,21). The first kappa shape index (κ1) is 13.5. The van der Waals surface area contributed by atoms with E-state index < -0.39 is 0 Å². The number of aromatic nitrogens is 2. The van der Waals surface area contributed by atoms with Gasteiger partial charge in [0.25, 0.3) is 0 Å². The molecule has 3 nitrogen and oxygen atoms in total. The Morgan fingerprint density at radius 3 is 2.57 bits per heavy atom. The largest absolute Gasteiger partial charge is 0.373 e. The van der Waals surface area contributed by atoms with E-state index in [4.69, 9.17) is 0 Å². The molecule has 0 aliphatic heterocycles. The molecule has 0 amide bonds. The third-order valence-corrected chi connectivity index (χ3v) is 3.53. The van der Waals surface area contributed by atoms with E-state index in [-0.39, 0.29) is 5.82 Å². The molecule has 0 atom stereocenters. The van der Waals surface area contributed by atoms with E-state index in [9.17, 15) is 4.39 Å². The minimum absolute atomic E-state index is 0.302. The molecular weight excluding hydrogens is 265 g/mol. The van der Waals surface area contributed by atoms with Crippen LogP contribution in [0.1, 0.15) is 11.1 Å². The number of fused-ring (bicyclic) bond motifs is 1. The van der Waals surface area contributed by atoms with E-state index in [2.05, 4.69) is 15.3 Å². The van der Waals surface area contributed by atoms with Crippen LogP contribution in [0.15, 0.2) is 36.4 Å². The zero-order valence-electron chi connectivity index (χ0n) is 12.2. The van der Waals surface area contributed by atoms with Gasteiger partial charge in [0, 0.05) is 12.4 Å². The lowest BCUT2D eigenvalue weighted by Crippen LogP contribution is -2.01. The van der Waals surface area contributed by atoms with Crippen molar-refractivity contribution in [3.05, 3.63) is 53.3 Å². The number of hydrogen-bond donors (Lipinski definition) is 1. The Balaban J connectivity index is 2.29. The molecule has 1 heterocycles. The summed E-state index contributed by atoms with van der Waals surface area (Å²) in [7, 11) is 1.81. The van der Waals surface area contributed by atoms with E-state index in [0.717, 1.165) is 22.0 Å². The quantitative estimate of drug-likeness (QED) is 0.768. The van der Waals surface area contributed by atoms with Gasteiger partial charge < -0.3 is 5.32 Å². The molecule has 1 N–H and O–H groups in total. The average molecular weight is 281 g/mol. The lowest BCUT2D eigenvalue weighted by Gasteiger charge is -2.11. The summed E-state index contributed by atoms with van der Waals surface area (Å²) in [4.78, 5) is 8.99. The number of nitrogens with zero attached hydrogens (tertiary/aromatic N) is 2. The molecule has 0 spiro atoms. The van der Waals surface area contributed by atoms with Crippen molar-refractivity contribution in [2.75, 3.05) is 12.4 Å². The van der Waals surface area contributed by atoms with Crippen molar-refractivity contribution in [1.29, 1.82) is 0 Å². The van der Waals surface area contributed by atoms with Gasteiger partial charge in [-0.3, -0.25) is 0 Å². The summed E-state index contributed by atoms with van der Waals surface area (Å²) in [6, 6.07) is 11.0. The van der Waals surface area contributed by atoms with Crippen molar-refractivity contribution in [2.45, 2.75) is 13.8 Å². The van der Waals surface area contributed by atoms with Crippen LogP contribution in [0.2, 0.25) is 0 Å². The molecule has 0 saturated carbocycles. The lowest BCUT2D eigenvalue weighted by molar-refractivity contribution is 0.629. The second kappa shape index (κ2) is 5.13. The molecular formula is C17H16FN3. The molecule has 3 rings (SSSR count). The van der Waals surface area contributed by atoms with Crippen molar-refractivity contribution < 1.29 is 4.39 Å². The van der Waals surface area contributed by atoms with Crippen molar-refractivity contribution >= 4 is 16.7 Å². The predicted octanol–water partition coefficient (Wildman–Crippen LogP) is 4.09. The first-order valence-corrected chi connectivity index (χ1v) is 6.82. The van der Waals surface area contributed by atoms with Crippen LogP contribution in [0.3, 0.4) is 0 Å². The maximum atomic E-state index is 14.2. The highest BCUT2D eigenvalue weighted by molar-refractivity contribution is 5.93. The van der Waals surface area contributed by atoms with Crippen LogP contribution in [0.25, 0.3) is 22.3 Å². The highest BCUT2D eigenvalue weighted by Gasteiger charge is 2.13. The fourth-order valence-corrected chi connectivity index (χ4v) is 2.46. The van der Waals surface area contributed by atoms with E-state index >= 15 is 0 Å². The smallest absolute Gasteiger partial charge is 0.165 e. The summed E-state index contributed by atoms with van der Waals surface area (Å²) in [5.41, 5.74) is 3.19. The number of anilines is 1. The van der Waals surface area contributed by atoms with Crippen LogP contribution in [0, 0.1) is 19.7 Å². The summed E-state index contributed by atoms with van der Waals surface area (Å²) < 4.78 is 14.2. The van der Waals surface area contributed by atoms with Gasteiger partial charge in [0.1, 0.15) is 11.6 Å². The molecule has 21 heavy (non-hydrogen) atoms. The summed E-state index contributed by atoms with van der Waals surface area (Å²) >= 11 is 0. The van der Waals surface area contributed by atoms with Crippen LogP contribution in [0.5, 0.6) is 0 Å². The maximum absolute atomic E-state index is 14.2. The molecule has 0 fully saturated rings. The third kappa shape index (κ3) is 2.33. The summed E-state index contributed by atoms with van der Waals surface area (Å²) in [5, 5.41) is 4.05. The first-order valence-electron chi connectivity index (χ1n) is 6.82. The van der Waals surface area contributed by atoms with Gasteiger partial charge >= 0.3 is 0 Å². The third-order valence-electron chi connectivity index (χ3n) is 3.53. The van der Waals surface area contributed by atoms with Gasteiger partial charge in [-0.15, -0.1) is 0 Å².